The molecule has 1 aromatic carbocycles. The summed E-state index contributed by atoms with van der Waals surface area (Å²) in [5.74, 6) is 0.980. The lowest BCUT2D eigenvalue weighted by atomic mass is 9.89. The van der Waals surface area contributed by atoms with Gasteiger partial charge in [-0.25, -0.2) is 9.97 Å². The summed E-state index contributed by atoms with van der Waals surface area (Å²) in [5, 5.41) is 0. The van der Waals surface area contributed by atoms with Crippen LogP contribution in [-0.4, -0.2) is 9.97 Å². The smallest absolute Gasteiger partial charge is 0.219 e. The summed E-state index contributed by atoms with van der Waals surface area (Å²) in [6.45, 7) is 0. The van der Waals surface area contributed by atoms with Crippen molar-refractivity contribution in [2.24, 2.45) is 0 Å². The molecule has 0 spiro atoms. The number of ether oxygens (including phenoxy) is 1. The van der Waals surface area contributed by atoms with Crippen LogP contribution in [0, 0.1) is 0 Å². The first-order valence-corrected chi connectivity index (χ1v) is 6.15. The van der Waals surface area contributed by atoms with Crippen LogP contribution < -0.4 is 10.5 Å². The van der Waals surface area contributed by atoms with E-state index in [0.717, 1.165) is 19.3 Å². The number of aromatic nitrogens is 2. The molecule has 92 valence electrons. The highest BCUT2D eigenvalue weighted by atomic mass is 16.5. The van der Waals surface area contributed by atoms with Crippen LogP contribution in [0.1, 0.15) is 30.1 Å². The van der Waals surface area contributed by atoms with E-state index in [9.17, 15) is 0 Å². The van der Waals surface area contributed by atoms with Crippen LogP contribution in [0.2, 0.25) is 0 Å². The van der Waals surface area contributed by atoms with Gasteiger partial charge in [0.2, 0.25) is 5.88 Å². The summed E-state index contributed by atoms with van der Waals surface area (Å²) in [6, 6.07) is 10.1. The van der Waals surface area contributed by atoms with Crippen LogP contribution in [0.5, 0.6) is 5.88 Å². The van der Waals surface area contributed by atoms with Gasteiger partial charge in [-0.05, 0) is 30.4 Å². The van der Waals surface area contributed by atoms with Crippen LogP contribution in [0.3, 0.4) is 0 Å². The molecule has 4 heteroatoms. The lowest BCUT2D eigenvalue weighted by molar-refractivity contribution is 0.175. The number of benzene rings is 1. The molecule has 0 aliphatic heterocycles. The van der Waals surface area contributed by atoms with Crippen LogP contribution in [0.4, 0.5) is 5.82 Å². The Balaban J connectivity index is 1.86. The van der Waals surface area contributed by atoms with Gasteiger partial charge in [0, 0.05) is 6.07 Å². The number of aryl methyl sites for hydroxylation is 1. The van der Waals surface area contributed by atoms with E-state index >= 15 is 0 Å². The summed E-state index contributed by atoms with van der Waals surface area (Å²) in [6.07, 6.45) is 4.79. The molecule has 0 radical (unpaired) electrons. The number of hydrogen-bond donors (Lipinski definition) is 1. The van der Waals surface area contributed by atoms with Gasteiger partial charge in [0.1, 0.15) is 18.2 Å². The Morgan fingerprint density at radius 3 is 3.00 bits per heavy atom. The molecule has 4 nitrogen and oxygen atoms in total. The van der Waals surface area contributed by atoms with E-state index in [4.69, 9.17) is 10.5 Å². The SMILES string of the molecule is Nc1cc(OC2CCCc3ccccc32)ncn1. The number of nitrogens with zero attached hydrogens (tertiary/aromatic N) is 2. The number of hydrogen-bond acceptors (Lipinski definition) is 4. The highest BCUT2D eigenvalue weighted by Gasteiger charge is 2.21. The zero-order chi connectivity index (χ0) is 12.4. The van der Waals surface area contributed by atoms with Gasteiger partial charge in [0.05, 0.1) is 0 Å². The van der Waals surface area contributed by atoms with Crippen LogP contribution in [0.15, 0.2) is 36.7 Å². The van der Waals surface area contributed by atoms with E-state index < -0.39 is 0 Å². The van der Waals surface area contributed by atoms with E-state index in [1.54, 1.807) is 6.07 Å². The summed E-state index contributed by atoms with van der Waals surface area (Å²) < 4.78 is 5.93. The average molecular weight is 241 g/mol. The van der Waals surface area contributed by atoms with E-state index in [-0.39, 0.29) is 6.10 Å². The molecule has 3 rings (SSSR count). The van der Waals surface area contributed by atoms with Crippen molar-refractivity contribution in [2.75, 3.05) is 5.73 Å². The lowest BCUT2D eigenvalue weighted by Crippen LogP contribution is -2.15. The fourth-order valence-corrected chi connectivity index (χ4v) is 2.40. The molecule has 1 aliphatic rings. The largest absolute Gasteiger partial charge is 0.469 e. The molecule has 1 unspecified atom stereocenters. The van der Waals surface area contributed by atoms with Crippen molar-refractivity contribution in [3.8, 4) is 5.88 Å². The van der Waals surface area contributed by atoms with Gasteiger partial charge in [-0.1, -0.05) is 24.3 Å². The Kier molecular flexibility index (Phi) is 2.84. The molecule has 1 atom stereocenters. The number of anilines is 1. The third kappa shape index (κ3) is 2.14. The topological polar surface area (TPSA) is 61.0 Å². The van der Waals surface area contributed by atoms with Crippen molar-refractivity contribution in [3.05, 3.63) is 47.8 Å². The number of fused-ring (bicyclic) bond motifs is 1. The van der Waals surface area contributed by atoms with E-state index in [2.05, 4.69) is 34.2 Å². The highest BCUT2D eigenvalue weighted by Crippen LogP contribution is 2.32. The molecule has 2 N–H and O–H groups in total. The molecule has 0 amide bonds. The zero-order valence-corrected chi connectivity index (χ0v) is 10.0. The normalized spacial score (nSPS) is 18.1. The molecule has 0 saturated heterocycles. The van der Waals surface area contributed by atoms with E-state index in [1.165, 1.54) is 17.5 Å². The fraction of sp³-hybridized carbons (Fsp3) is 0.286. The summed E-state index contributed by atoms with van der Waals surface area (Å²) >= 11 is 0. The maximum absolute atomic E-state index is 5.93. The first-order chi connectivity index (χ1) is 8.83. The Labute approximate surface area is 106 Å². The number of nitrogen functional groups attached to an aromatic ring is 1. The highest BCUT2D eigenvalue weighted by molar-refractivity contribution is 5.34. The standard InChI is InChI=1S/C14H15N3O/c15-13-8-14(17-9-16-13)18-12-7-3-5-10-4-1-2-6-11(10)12/h1-2,4,6,8-9,12H,3,5,7H2,(H2,15,16,17). The Hall–Kier alpha value is -2.10. The minimum atomic E-state index is 0.0734. The van der Waals surface area contributed by atoms with Crippen LogP contribution in [-0.2, 0) is 6.42 Å². The monoisotopic (exact) mass is 241 g/mol. The van der Waals surface area contributed by atoms with Crippen molar-refractivity contribution in [3.63, 3.8) is 0 Å². The maximum atomic E-state index is 5.93. The first kappa shape index (κ1) is 11.0. The van der Waals surface area contributed by atoms with Crippen LogP contribution in [0.25, 0.3) is 0 Å². The van der Waals surface area contributed by atoms with Crippen molar-refractivity contribution in [2.45, 2.75) is 25.4 Å². The Morgan fingerprint density at radius 2 is 2.11 bits per heavy atom. The summed E-state index contributed by atoms with van der Waals surface area (Å²) in [7, 11) is 0. The molecule has 0 bridgehead atoms. The van der Waals surface area contributed by atoms with Gasteiger partial charge in [0.15, 0.2) is 0 Å². The maximum Gasteiger partial charge on any atom is 0.219 e. The van der Waals surface area contributed by atoms with Crippen molar-refractivity contribution in [1.82, 2.24) is 9.97 Å². The van der Waals surface area contributed by atoms with Gasteiger partial charge in [-0.3, -0.25) is 0 Å². The molecule has 0 fully saturated rings. The van der Waals surface area contributed by atoms with Crippen molar-refractivity contribution >= 4 is 5.82 Å². The van der Waals surface area contributed by atoms with E-state index in [1.807, 2.05) is 0 Å². The number of rotatable bonds is 2. The van der Waals surface area contributed by atoms with Gasteiger partial charge in [0.25, 0.3) is 0 Å². The molecular weight excluding hydrogens is 226 g/mol. The van der Waals surface area contributed by atoms with Gasteiger partial charge in [-0.15, -0.1) is 0 Å². The van der Waals surface area contributed by atoms with E-state index in [0.29, 0.717) is 11.7 Å². The first-order valence-electron chi connectivity index (χ1n) is 6.15. The zero-order valence-electron chi connectivity index (χ0n) is 10.0. The quantitative estimate of drug-likeness (QED) is 0.877. The second kappa shape index (κ2) is 4.64. The van der Waals surface area contributed by atoms with Gasteiger partial charge >= 0.3 is 0 Å². The fourth-order valence-electron chi connectivity index (χ4n) is 2.40. The Bertz CT molecular complexity index is 556. The minimum absolute atomic E-state index is 0.0734. The molecule has 0 saturated carbocycles. The molecule has 2 aromatic rings. The number of nitrogens with two attached hydrogens (primary N) is 1. The van der Waals surface area contributed by atoms with Crippen molar-refractivity contribution < 1.29 is 4.74 Å². The minimum Gasteiger partial charge on any atom is -0.469 e. The summed E-state index contributed by atoms with van der Waals surface area (Å²) in [4.78, 5) is 7.96. The third-order valence-corrected chi connectivity index (χ3v) is 3.24. The summed E-state index contributed by atoms with van der Waals surface area (Å²) in [5.41, 5.74) is 8.26. The predicted molar refractivity (Wildman–Crippen MR) is 69.2 cm³/mol. The average Bonchev–Trinajstić information content (AvgIpc) is 2.39. The van der Waals surface area contributed by atoms with Crippen LogP contribution >= 0.6 is 0 Å². The van der Waals surface area contributed by atoms with Gasteiger partial charge in [-0.2, -0.15) is 0 Å². The second-order valence-corrected chi connectivity index (χ2v) is 4.48. The predicted octanol–water partition coefficient (Wildman–Crippen LogP) is 2.52. The molecule has 18 heavy (non-hydrogen) atoms. The second-order valence-electron chi connectivity index (χ2n) is 4.48. The third-order valence-electron chi connectivity index (χ3n) is 3.24. The molecule has 1 heterocycles. The molecular formula is C14H15N3O. The molecule has 1 aromatic heterocycles. The molecule has 1 aliphatic carbocycles. The Morgan fingerprint density at radius 1 is 1.22 bits per heavy atom. The lowest BCUT2D eigenvalue weighted by Gasteiger charge is -2.25. The van der Waals surface area contributed by atoms with Gasteiger partial charge < -0.3 is 10.5 Å². The van der Waals surface area contributed by atoms with Crippen molar-refractivity contribution in [1.29, 1.82) is 0 Å².